The molecule has 4 nitrogen and oxygen atoms in total. The van der Waals surface area contributed by atoms with Crippen molar-refractivity contribution in [3.63, 3.8) is 0 Å². The van der Waals surface area contributed by atoms with Gasteiger partial charge in [-0.2, -0.15) is 0 Å². The van der Waals surface area contributed by atoms with Gasteiger partial charge < -0.3 is 9.84 Å². The zero-order valence-corrected chi connectivity index (χ0v) is 6.47. The lowest BCUT2D eigenvalue weighted by atomic mass is 10.5. The van der Waals surface area contributed by atoms with Gasteiger partial charge in [0.25, 0.3) is 5.95 Å². The van der Waals surface area contributed by atoms with Gasteiger partial charge in [-0.3, -0.25) is 0 Å². The molecular weight excluding hydrogens is 156 g/mol. The molecule has 0 fully saturated rings. The molecule has 1 aliphatic heterocycles. The molecule has 0 unspecified atom stereocenters. The van der Waals surface area contributed by atoms with Crippen molar-refractivity contribution in [1.29, 1.82) is 0 Å². The predicted octanol–water partition coefficient (Wildman–Crippen LogP) is 0.524. The summed E-state index contributed by atoms with van der Waals surface area (Å²) in [4.78, 5) is -1.31. The molecule has 0 aromatic carbocycles. The molecule has 0 radical (unpaired) electrons. The summed E-state index contributed by atoms with van der Waals surface area (Å²) in [6.07, 6.45) is 0. The van der Waals surface area contributed by atoms with Crippen molar-refractivity contribution in [1.82, 2.24) is 0 Å². The summed E-state index contributed by atoms with van der Waals surface area (Å²) >= 11 is 0. The van der Waals surface area contributed by atoms with E-state index in [0.29, 0.717) is 5.41 Å². The highest BCUT2D eigenvalue weighted by molar-refractivity contribution is 7.95. The fourth-order valence-electron chi connectivity index (χ4n) is 0.609. The molecule has 0 saturated heterocycles. The number of aliphatic hydroxyl groups excluding tert-OH is 1. The van der Waals surface area contributed by atoms with Crippen LogP contribution < -0.4 is 0 Å². The maximum absolute atomic E-state index is 10.9. The Morgan fingerprint density at radius 3 is 2.20 bits per heavy atom. The number of ether oxygens (including phenoxy) is 1. The first-order valence-corrected chi connectivity index (χ1v) is 4.24. The van der Waals surface area contributed by atoms with Gasteiger partial charge >= 0.3 is 0 Å². The minimum Gasteiger partial charge on any atom is -0.480 e. The van der Waals surface area contributed by atoms with Gasteiger partial charge in [0.1, 0.15) is 5.41 Å². The third-order valence-electron chi connectivity index (χ3n) is 1.29. The second-order valence-electron chi connectivity index (χ2n) is 2.50. The number of aliphatic hydroxyl groups is 1. The van der Waals surface area contributed by atoms with Crippen LogP contribution in [0.5, 0.6) is 0 Å². The van der Waals surface area contributed by atoms with E-state index in [0.717, 1.165) is 0 Å². The maximum Gasteiger partial charge on any atom is 0.290 e. The third kappa shape index (κ3) is 0.862. The SMILES string of the molecule is CC1(C)OC(O)=CS1(=O)=O. The fourth-order valence-corrected chi connectivity index (χ4v) is 1.41. The fraction of sp³-hybridized carbons (Fsp3) is 0.600. The Kier molecular flexibility index (Phi) is 1.23. The van der Waals surface area contributed by atoms with Gasteiger partial charge in [-0.05, 0) is 13.8 Å². The molecule has 0 aromatic heterocycles. The van der Waals surface area contributed by atoms with Crippen molar-refractivity contribution in [3.8, 4) is 0 Å². The minimum absolute atomic E-state index is 0.537. The van der Waals surface area contributed by atoms with Gasteiger partial charge in [0.2, 0.25) is 14.8 Å². The van der Waals surface area contributed by atoms with Gasteiger partial charge in [0, 0.05) is 0 Å². The van der Waals surface area contributed by atoms with E-state index in [9.17, 15) is 8.42 Å². The van der Waals surface area contributed by atoms with Crippen LogP contribution in [0.25, 0.3) is 0 Å². The number of sulfone groups is 1. The van der Waals surface area contributed by atoms with Gasteiger partial charge in [-0.1, -0.05) is 0 Å². The first-order chi connectivity index (χ1) is 4.35. The first kappa shape index (κ1) is 7.40. The van der Waals surface area contributed by atoms with Crippen molar-refractivity contribution in [2.24, 2.45) is 0 Å². The molecule has 1 aliphatic rings. The van der Waals surface area contributed by atoms with Gasteiger partial charge in [-0.15, -0.1) is 0 Å². The topological polar surface area (TPSA) is 63.6 Å². The Balaban J connectivity index is 3.17. The van der Waals surface area contributed by atoms with E-state index in [1.807, 2.05) is 0 Å². The monoisotopic (exact) mass is 164 g/mol. The summed E-state index contributed by atoms with van der Waals surface area (Å²) in [5.41, 5.74) is 0. The van der Waals surface area contributed by atoms with E-state index in [1.54, 1.807) is 0 Å². The van der Waals surface area contributed by atoms with Crippen LogP contribution in [0.3, 0.4) is 0 Å². The highest BCUT2D eigenvalue weighted by atomic mass is 32.2. The standard InChI is InChI=1S/C5H8O4S/c1-5(2)9-4(6)3-10(5,7)8/h3,6H,1-2H3. The lowest BCUT2D eigenvalue weighted by Crippen LogP contribution is -2.27. The summed E-state index contributed by atoms with van der Waals surface area (Å²) in [7, 11) is -3.41. The quantitative estimate of drug-likeness (QED) is 0.567. The minimum atomic E-state index is -3.41. The highest BCUT2D eigenvalue weighted by Gasteiger charge is 2.41. The molecule has 0 bridgehead atoms. The molecular formula is C5H8O4S. The van der Waals surface area contributed by atoms with E-state index in [-0.39, 0.29) is 0 Å². The molecule has 0 aliphatic carbocycles. The van der Waals surface area contributed by atoms with Gasteiger partial charge in [0.15, 0.2) is 0 Å². The zero-order valence-electron chi connectivity index (χ0n) is 5.66. The molecule has 10 heavy (non-hydrogen) atoms. The average molecular weight is 164 g/mol. The van der Waals surface area contributed by atoms with Crippen molar-refractivity contribution in [2.45, 2.75) is 18.8 Å². The molecule has 5 heteroatoms. The van der Waals surface area contributed by atoms with Crippen LogP contribution in [-0.4, -0.2) is 18.5 Å². The normalized spacial score (nSPS) is 27.2. The van der Waals surface area contributed by atoms with E-state index in [1.165, 1.54) is 13.8 Å². The van der Waals surface area contributed by atoms with Crippen LogP contribution in [0, 0.1) is 0 Å². The van der Waals surface area contributed by atoms with Gasteiger partial charge in [-0.25, -0.2) is 8.42 Å². The summed E-state index contributed by atoms with van der Waals surface area (Å²) in [6, 6.07) is 0. The lowest BCUT2D eigenvalue weighted by Gasteiger charge is -2.15. The van der Waals surface area contributed by atoms with Crippen LogP contribution >= 0.6 is 0 Å². The van der Waals surface area contributed by atoms with Crippen molar-refractivity contribution >= 4 is 9.84 Å². The second-order valence-corrected chi connectivity index (χ2v) is 4.81. The Hall–Kier alpha value is -0.710. The van der Waals surface area contributed by atoms with Crippen molar-refractivity contribution in [3.05, 3.63) is 11.4 Å². The van der Waals surface area contributed by atoms with E-state index >= 15 is 0 Å². The molecule has 0 amide bonds. The van der Waals surface area contributed by atoms with Crippen molar-refractivity contribution in [2.75, 3.05) is 0 Å². The molecule has 1 heterocycles. The molecule has 1 N–H and O–H groups in total. The van der Waals surface area contributed by atoms with E-state index < -0.39 is 20.7 Å². The lowest BCUT2D eigenvalue weighted by molar-refractivity contribution is 0.0359. The Labute approximate surface area is 59.0 Å². The Bertz CT molecular complexity index is 272. The van der Waals surface area contributed by atoms with Crippen LogP contribution in [0.2, 0.25) is 0 Å². The van der Waals surface area contributed by atoms with Crippen LogP contribution in [0.1, 0.15) is 13.8 Å². The van der Waals surface area contributed by atoms with Crippen LogP contribution in [0.4, 0.5) is 0 Å². The zero-order chi connectivity index (χ0) is 7.99. The number of hydrogen-bond donors (Lipinski definition) is 1. The molecule has 58 valence electrons. The van der Waals surface area contributed by atoms with Crippen molar-refractivity contribution < 1.29 is 18.3 Å². The summed E-state index contributed by atoms with van der Waals surface area (Å²) in [5.74, 6) is -0.537. The average Bonchev–Trinajstić information content (AvgIpc) is 1.73. The van der Waals surface area contributed by atoms with Crippen LogP contribution in [0.15, 0.2) is 11.4 Å². The number of hydrogen-bond acceptors (Lipinski definition) is 4. The third-order valence-corrected chi connectivity index (χ3v) is 3.26. The van der Waals surface area contributed by atoms with E-state index in [4.69, 9.17) is 5.11 Å². The molecule has 1 rings (SSSR count). The number of rotatable bonds is 0. The predicted molar refractivity (Wildman–Crippen MR) is 34.8 cm³/mol. The Morgan fingerprint density at radius 1 is 1.60 bits per heavy atom. The summed E-state index contributed by atoms with van der Waals surface area (Å²) in [5, 5.41) is 9.38. The second kappa shape index (κ2) is 1.66. The molecule has 0 atom stereocenters. The molecule has 0 spiro atoms. The summed E-state index contributed by atoms with van der Waals surface area (Å²) < 4.78 is 26.5. The molecule has 0 aromatic rings. The highest BCUT2D eigenvalue weighted by Crippen LogP contribution is 2.29. The molecule has 0 saturated carbocycles. The maximum atomic E-state index is 10.9. The van der Waals surface area contributed by atoms with Crippen LogP contribution in [-0.2, 0) is 14.6 Å². The first-order valence-electron chi connectivity index (χ1n) is 2.69. The Morgan fingerprint density at radius 2 is 2.10 bits per heavy atom. The largest absolute Gasteiger partial charge is 0.480 e. The van der Waals surface area contributed by atoms with Gasteiger partial charge in [0.05, 0.1) is 0 Å². The smallest absolute Gasteiger partial charge is 0.290 e. The summed E-state index contributed by atoms with van der Waals surface area (Å²) in [6.45, 7) is 2.75. The van der Waals surface area contributed by atoms with E-state index in [2.05, 4.69) is 4.74 Å².